The number of carboxylic acids is 1. The normalized spacial score (nSPS) is 21.9. The molecule has 8 heteroatoms. The lowest BCUT2D eigenvalue weighted by atomic mass is 9.90. The molecule has 126 valence electrons. The van der Waals surface area contributed by atoms with E-state index in [4.69, 9.17) is 5.11 Å². The number of nitrogens with one attached hydrogen (secondary N) is 1. The summed E-state index contributed by atoms with van der Waals surface area (Å²) in [6, 6.07) is 5.62. The number of sulfonamides is 1. The summed E-state index contributed by atoms with van der Waals surface area (Å²) in [5, 5.41) is 9.17. The van der Waals surface area contributed by atoms with Crippen molar-refractivity contribution in [2.24, 2.45) is 11.8 Å². The number of aliphatic carboxylic acids is 1. The Labute approximate surface area is 135 Å². The van der Waals surface area contributed by atoms with Crippen LogP contribution in [0.4, 0.5) is 0 Å². The summed E-state index contributed by atoms with van der Waals surface area (Å²) in [5.74, 6) is -1.63. The van der Waals surface area contributed by atoms with Crippen LogP contribution in [0.5, 0.6) is 0 Å². The quantitative estimate of drug-likeness (QED) is 0.843. The molecule has 1 aromatic rings. The van der Waals surface area contributed by atoms with Gasteiger partial charge < -0.3 is 10.0 Å². The lowest BCUT2D eigenvalue weighted by Gasteiger charge is -2.34. The zero-order valence-electron chi connectivity index (χ0n) is 13.0. The van der Waals surface area contributed by atoms with Gasteiger partial charge in [0.25, 0.3) is 5.91 Å². The number of amides is 1. The highest BCUT2D eigenvalue weighted by molar-refractivity contribution is 7.89. The Morgan fingerprint density at radius 2 is 1.83 bits per heavy atom. The van der Waals surface area contributed by atoms with Crippen molar-refractivity contribution in [2.45, 2.75) is 18.2 Å². The van der Waals surface area contributed by atoms with Crippen LogP contribution in [0.15, 0.2) is 29.2 Å². The Hall–Kier alpha value is -1.93. The zero-order valence-corrected chi connectivity index (χ0v) is 13.8. The van der Waals surface area contributed by atoms with Crippen molar-refractivity contribution in [3.05, 3.63) is 29.8 Å². The lowest BCUT2D eigenvalue weighted by molar-refractivity contribution is -0.143. The largest absolute Gasteiger partial charge is 0.481 e. The SMILES string of the molecule is CNS(=O)(=O)c1ccc(C(=O)N2CC(C)CC(C(=O)O)C2)cc1. The number of hydrogen-bond acceptors (Lipinski definition) is 4. The first kappa shape index (κ1) is 17.4. The van der Waals surface area contributed by atoms with Crippen LogP contribution in [-0.4, -0.2) is 50.4 Å². The highest BCUT2D eigenvalue weighted by atomic mass is 32.2. The molecule has 1 aliphatic heterocycles. The number of benzene rings is 1. The molecule has 0 aliphatic carbocycles. The average Bonchev–Trinajstić information content (AvgIpc) is 2.53. The Kier molecular flexibility index (Phi) is 5.06. The number of hydrogen-bond donors (Lipinski definition) is 2. The molecule has 0 aromatic heterocycles. The summed E-state index contributed by atoms with van der Waals surface area (Å²) in [5.41, 5.74) is 0.346. The summed E-state index contributed by atoms with van der Waals surface area (Å²) >= 11 is 0. The number of carbonyl (C=O) groups is 2. The fourth-order valence-electron chi connectivity index (χ4n) is 2.77. The molecule has 2 N–H and O–H groups in total. The van der Waals surface area contributed by atoms with Gasteiger partial charge in [-0.15, -0.1) is 0 Å². The Morgan fingerprint density at radius 3 is 2.35 bits per heavy atom. The maximum Gasteiger partial charge on any atom is 0.308 e. The predicted octanol–water partition coefficient (Wildman–Crippen LogP) is 0.777. The summed E-state index contributed by atoms with van der Waals surface area (Å²) in [6.45, 7) is 2.59. The molecule has 1 aromatic carbocycles. The number of rotatable bonds is 4. The van der Waals surface area contributed by atoms with E-state index in [9.17, 15) is 18.0 Å². The zero-order chi connectivity index (χ0) is 17.2. The third kappa shape index (κ3) is 3.89. The van der Waals surface area contributed by atoms with Crippen LogP contribution < -0.4 is 4.72 Å². The number of piperidine rings is 1. The maximum atomic E-state index is 12.5. The van der Waals surface area contributed by atoms with E-state index in [1.807, 2.05) is 6.92 Å². The molecule has 0 bridgehead atoms. The smallest absolute Gasteiger partial charge is 0.308 e. The molecule has 0 saturated carbocycles. The van der Waals surface area contributed by atoms with Crippen LogP contribution in [0, 0.1) is 11.8 Å². The fourth-order valence-corrected chi connectivity index (χ4v) is 3.50. The molecular formula is C15H20N2O5S. The molecule has 1 aliphatic rings. The van der Waals surface area contributed by atoms with Gasteiger partial charge >= 0.3 is 5.97 Å². The van der Waals surface area contributed by atoms with Crippen LogP contribution in [0.25, 0.3) is 0 Å². The van der Waals surface area contributed by atoms with E-state index in [1.165, 1.54) is 36.2 Å². The number of nitrogens with zero attached hydrogens (tertiary/aromatic N) is 1. The fraction of sp³-hybridized carbons (Fsp3) is 0.467. The average molecular weight is 340 g/mol. The van der Waals surface area contributed by atoms with Gasteiger partial charge in [0.15, 0.2) is 0 Å². The van der Waals surface area contributed by atoms with E-state index in [0.29, 0.717) is 18.5 Å². The van der Waals surface area contributed by atoms with Crippen molar-refractivity contribution in [1.29, 1.82) is 0 Å². The molecule has 23 heavy (non-hydrogen) atoms. The first-order valence-electron chi connectivity index (χ1n) is 7.30. The van der Waals surface area contributed by atoms with Crippen molar-refractivity contribution in [3.63, 3.8) is 0 Å². The minimum atomic E-state index is -3.55. The summed E-state index contributed by atoms with van der Waals surface area (Å²) in [7, 11) is -2.23. The van der Waals surface area contributed by atoms with E-state index in [1.54, 1.807) is 0 Å². The van der Waals surface area contributed by atoms with Crippen molar-refractivity contribution in [3.8, 4) is 0 Å². The Balaban J connectivity index is 2.18. The summed E-state index contributed by atoms with van der Waals surface area (Å²) in [4.78, 5) is 25.3. The van der Waals surface area contributed by atoms with Gasteiger partial charge in [0, 0.05) is 18.7 Å². The molecule has 0 spiro atoms. The standard InChI is InChI=1S/C15H20N2O5S/c1-10-7-12(15(19)20)9-17(8-10)14(18)11-3-5-13(6-4-11)23(21,22)16-2/h3-6,10,12,16H,7-9H2,1-2H3,(H,19,20). The molecular weight excluding hydrogens is 320 g/mol. The molecule has 1 saturated heterocycles. The van der Waals surface area contributed by atoms with Gasteiger partial charge in [0.2, 0.25) is 10.0 Å². The number of carbonyl (C=O) groups excluding carboxylic acids is 1. The van der Waals surface area contributed by atoms with E-state index in [0.717, 1.165) is 0 Å². The minimum absolute atomic E-state index is 0.0759. The van der Waals surface area contributed by atoms with Gasteiger partial charge in [-0.3, -0.25) is 9.59 Å². The monoisotopic (exact) mass is 340 g/mol. The second-order valence-corrected chi connectivity index (χ2v) is 7.70. The second kappa shape index (κ2) is 6.67. The van der Waals surface area contributed by atoms with Crippen molar-refractivity contribution in [2.75, 3.05) is 20.1 Å². The first-order valence-corrected chi connectivity index (χ1v) is 8.78. The topological polar surface area (TPSA) is 104 Å². The highest BCUT2D eigenvalue weighted by Crippen LogP contribution is 2.23. The minimum Gasteiger partial charge on any atom is -0.481 e. The highest BCUT2D eigenvalue weighted by Gasteiger charge is 2.32. The second-order valence-electron chi connectivity index (χ2n) is 5.82. The lowest BCUT2D eigenvalue weighted by Crippen LogP contribution is -2.45. The molecule has 2 atom stereocenters. The predicted molar refractivity (Wildman–Crippen MR) is 83.5 cm³/mol. The van der Waals surface area contributed by atoms with Crippen LogP contribution in [-0.2, 0) is 14.8 Å². The van der Waals surface area contributed by atoms with Gasteiger partial charge in [0.05, 0.1) is 10.8 Å². The molecule has 2 unspecified atom stereocenters. The molecule has 2 rings (SSSR count). The van der Waals surface area contributed by atoms with Crippen LogP contribution in [0.1, 0.15) is 23.7 Å². The molecule has 0 radical (unpaired) electrons. The first-order chi connectivity index (χ1) is 10.7. The summed E-state index contributed by atoms with van der Waals surface area (Å²) < 4.78 is 25.6. The van der Waals surface area contributed by atoms with Crippen LogP contribution in [0.2, 0.25) is 0 Å². The maximum absolute atomic E-state index is 12.5. The van der Waals surface area contributed by atoms with Crippen molar-refractivity contribution >= 4 is 21.9 Å². The van der Waals surface area contributed by atoms with E-state index < -0.39 is 21.9 Å². The van der Waals surface area contributed by atoms with Gasteiger partial charge in [-0.25, -0.2) is 13.1 Å². The third-order valence-corrected chi connectivity index (χ3v) is 5.41. The molecule has 1 amide bonds. The van der Waals surface area contributed by atoms with Gasteiger partial charge in [-0.2, -0.15) is 0 Å². The van der Waals surface area contributed by atoms with E-state index >= 15 is 0 Å². The molecule has 7 nitrogen and oxygen atoms in total. The van der Waals surface area contributed by atoms with Crippen molar-refractivity contribution < 1.29 is 23.1 Å². The van der Waals surface area contributed by atoms with Crippen molar-refractivity contribution in [1.82, 2.24) is 9.62 Å². The molecule has 1 fully saturated rings. The Morgan fingerprint density at radius 1 is 1.22 bits per heavy atom. The third-order valence-electron chi connectivity index (χ3n) is 3.98. The van der Waals surface area contributed by atoms with E-state index in [2.05, 4.69) is 4.72 Å². The number of carboxylic acid groups (broad SMARTS) is 1. The van der Waals surface area contributed by atoms with E-state index in [-0.39, 0.29) is 23.3 Å². The molecule has 1 heterocycles. The van der Waals surface area contributed by atoms with Gasteiger partial charge in [-0.1, -0.05) is 6.92 Å². The van der Waals surface area contributed by atoms with Crippen LogP contribution >= 0.6 is 0 Å². The Bertz CT molecular complexity index is 699. The van der Waals surface area contributed by atoms with Gasteiger partial charge in [0.1, 0.15) is 0 Å². The van der Waals surface area contributed by atoms with Gasteiger partial charge in [-0.05, 0) is 43.7 Å². The summed E-state index contributed by atoms with van der Waals surface area (Å²) in [6.07, 6.45) is 0.554. The number of likely N-dealkylation sites (tertiary alicyclic amines) is 1. The van der Waals surface area contributed by atoms with Crippen LogP contribution in [0.3, 0.4) is 0 Å².